The molecule has 0 fully saturated rings. The van der Waals surface area contributed by atoms with Gasteiger partial charge in [0.25, 0.3) is 5.91 Å². The molecule has 0 spiro atoms. The minimum Gasteiger partial charge on any atom is -0.349 e. The molecule has 3 atom stereocenters. The molecule has 2 rings (SSSR count). The average molecular weight is 394 g/mol. The molecule has 0 saturated carbocycles. The van der Waals surface area contributed by atoms with E-state index in [1.165, 1.54) is 24.3 Å². The van der Waals surface area contributed by atoms with Crippen LogP contribution in [0.5, 0.6) is 0 Å². The van der Waals surface area contributed by atoms with Crippen LogP contribution in [0.3, 0.4) is 0 Å². The molecule has 5 nitrogen and oxygen atoms in total. The number of hydrogen-bond donors (Lipinski definition) is 3. The normalized spacial score (nSPS) is 13.7. The van der Waals surface area contributed by atoms with Crippen molar-refractivity contribution in [3.05, 3.63) is 65.5 Å². The van der Waals surface area contributed by atoms with Gasteiger partial charge >= 0.3 is 0 Å². The standard InChI is InChI=1S/C20H24FN3O2.ClH/c1-12(13(2)22)19(25)23-14(3)15-6-10-18(11-7-15)24-20(26)16-4-8-17(21)9-5-16;/h4-14H,22H2,1-3H3,(H,23,25)(H,24,26);1H. The van der Waals surface area contributed by atoms with Crippen molar-refractivity contribution in [2.45, 2.75) is 32.9 Å². The molecule has 0 aliphatic rings. The SMILES string of the molecule is CC(NC(=O)C(C)C(C)N)c1ccc(NC(=O)c2ccc(F)cc2)cc1.Cl. The van der Waals surface area contributed by atoms with Crippen LogP contribution in [0.2, 0.25) is 0 Å². The number of rotatable bonds is 6. The average Bonchev–Trinajstić information content (AvgIpc) is 2.61. The van der Waals surface area contributed by atoms with E-state index >= 15 is 0 Å². The zero-order chi connectivity index (χ0) is 19.3. The summed E-state index contributed by atoms with van der Waals surface area (Å²) in [6, 6.07) is 12.1. The Morgan fingerprint density at radius 1 is 0.963 bits per heavy atom. The molecule has 0 aromatic heterocycles. The molecule has 0 heterocycles. The molecule has 2 aromatic carbocycles. The highest BCUT2D eigenvalue weighted by atomic mass is 35.5. The van der Waals surface area contributed by atoms with Crippen LogP contribution in [-0.2, 0) is 4.79 Å². The van der Waals surface area contributed by atoms with Crippen molar-refractivity contribution >= 4 is 29.9 Å². The maximum absolute atomic E-state index is 12.9. The number of benzene rings is 2. The molecule has 0 saturated heterocycles. The molecule has 7 heteroatoms. The van der Waals surface area contributed by atoms with E-state index in [9.17, 15) is 14.0 Å². The maximum atomic E-state index is 12.9. The van der Waals surface area contributed by atoms with E-state index in [1.54, 1.807) is 26.0 Å². The molecule has 2 aromatic rings. The van der Waals surface area contributed by atoms with E-state index in [-0.39, 0.29) is 48.0 Å². The summed E-state index contributed by atoms with van der Waals surface area (Å²) in [4.78, 5) is 24.2. The second-order valence-electron chi connectivity index (χ2n) is 6.46. The lowest BCUT2D eigenvalue weighted by Crippen LogP contribution is -2.39. The number of nitrogens with two attached hydrogens (primary N) is 1. The van der Waals surface area contributed by atoms with Gasteiger partial charge in [0.1, 0.15) is 5.82 Å². The third-order valence-electron chi connectivity index (χ3n) is 4.34. The molecule has 27 heavy (non-hydrogen) atoms. The van der Waals surface area contributed by atoms with Crippen LogP contribution in [-0.4, -0.2) is 17.9 Å². The van der Waals surface area contributed by atoms with Gasteiger partial charge in [-0.2, -0.15) is 0 Å². The van der Waals surface area contributed by atoms with Crippen molar-refractivity contribution in [2.75, 3.05) is 5.32 Å². The van der Waals surface area contributed by atoms with Gasteiger partial charge in [-0.3, -0.25) is 9.59 Å². The molecule has 0 radical (unpaired) electrons. The third-order valence-corrected chi connectivity index (χ3v) is 4.34. The number of amides is 2. The van der Waals surface area contributed by atoms with Crippen LogP contribution in [0.25, 0.3) is 0 Å². The second-order valence-corrected chi connectivity index (χ2v) is 6.46. The van der Waals surface area contributed by atoms with Crippen LogP contribution in [0, 0.1) is 11.7 Å². The summed E-state index contributed by atoms with van der Waals surface area (Å²) >= 11 is 0. The fourth-order valence-corrected chi connectivity index (χ4v) is 2.33. The second kappa shape index (κ2) is 10.0. The molecule has 146 valence electrons. The number of carbonyl (C=O) groups is 2. The van der Waals surface area contributed by atoms with E-state index in [1.807, 2.05) is 19.1 Å². The van der Waals surface area contributed by atoms with Crippen molar-refractivity contribution in [3.8, 4) is 0 Å². The van der Waals surface area contributed by atoms with Crippen LogP contribution in [0.1, 0.15) is 42.7 Å². The fourth-order valence-electron chi connectivity index (χ4n) is 2.33. The van der Waals surface area contributed by atoms with Gasteiger partial charge in [0, 0.05) is 23.2 Å². The summed E-state index contributed by atoms with van der Waals surface area (Å²) in [6.07, 6.45) is 0. The Kier molecular flexibility index (Phi) is 8.40. The van der Waals surface area contributed by atoms with Gasteiger partial charge in [0.05, 0.1) is 6.04 Å². The van der Waals surface area contributed by atoms with Crippen molar-refractivity contribution in [1.82, 2.24) is 5.32 Å². The predicted molar refractivity (Wildman–Crippen MR) is 107 cm³/mol. The van der Waals surface area contributed by atoms with Crippen LogP contribution < -0.4 is 16.4 Å². The van der Waals surface area contributed by atoms with E-state index in [0.29, 0.717) is 11.3 Å². The highest BCUT2D eigenvalue weighted by molar-refractivity contribution is 6.04. The monoisotopic (exact) mass is 393 g/mol. The largest absolute Gasteiger partial charge is 0.349 e. The number of anilines is 1. The van der Waals surface area contributed by atoms with Crippen molar-refractivity contribution in [2.24, 2.45) is 11.7 Å². The Morgan fingerprint density at radius 3 is 2.04 bits per heavy atom. The van der Waals surface area contributed by atoms with E-state index in [4.69, 9.17) is 5.73 Å². The third kappa shape index (κ3) is 6.34. The quantitative estimate of drug-likeness (QED) is 0.700. The topological polar surface area (TPSA) is 84.2 Å². The highest BCUT2D eigenvalue weighted by Gasteiger charge is 2.19. The first-order chi connectivity index (χ1) is 12.3. The molecule has 2 amide bonds. The highest BCUT2D eigenvalue weighted by Crippen LogP contribution is 2.18. The van der Waals surface area contributed by atoms with Crippen LogP contribution in [0.4, 0.5) is 10.1 Å². The Bertz CT molecular complexity index is 764. The maximum Gasteiger partial charge on any atom is 0.255 e. The van der Waals surface area contributed by atoms with Gasteiger partial charge in [-0.25, -0.2) is 4.39 Å². The zero-order valence-corrected chi connectivity index (χ0v) is 16.3. The Balaban J connectivity index is 0.00000364. The Hall–Kier alpha value is -2.44. The van der Waals surface area contributed by atoms with Crippen LogP contribution >= 0.6 is 12.4 Å². The minimum atomic E-state index is -0.389. The number of nitrogens with one attached hydrogen (secondary N) is 2. The summed E-state index contributed by atoms with van der Waals surface area (Å²) < 4.78 is 12.9. The first-order valence-electron chi connectivity index (χ1n) is 8.50. The molecular formula is C20H25ClFN3O2. The summed E-state index contributed by atoms with van der Waals surface area (Å²) in [6.45, 7) is 5.48. The van der Waals surface area contributed by atoms with E-state index < -0.39 is 0 Å². The van der Waals surface area contributed by atoms with Crippen molar-refractivity contribution in [3.63, 3.8) is 0 Å². The fraction of sp³-hybridized carbons (Fsp3) is 0.300. The first kappa shape index (κ1) is 22.6. The lowest BCUT2D eigenvalue weighted by atomic mass is 10.0. The van der Waals surface area contributed by atoms with Gasteiger partial charge in [0.15, 0.2) is 0 Å². The minimum absolute atomic E-state index is 0. The summed E-state index contributed by atoms with van der Waals surface area (Å²) in [5.41, 5.74) is 7.66. The van der Waals surface area contributed by atoms with Gasteiger partial charge in [0.2, 0.25) is 5.91 Å². The smallest absolute Gasteiger partial charge is 0.255 e. The van der Waals surface area contributed by atoms with Gasteiger partial charge < -0.3 is 16.4 Å². The molecular weight excluding hydrogens is 369 g/mol. The van der Waals surface area contributed by atoms with Crippen molar-refractivity contribution in [1.29, 1.82) is 0 Å². The van der Waals surface area contributed by atoms with Gasteiger partial charge in [-0.05, 0) is 55.8 Å². The number of hydrogen-bond acceptors (Lipinski definition) is 3. The van der Waals surface area contributed by atoms with Crippen molar-refractivity contribution < 1.29 is 14.0 Å². The molecule has 3 unspecified atom stereocenters. The number of carbonyl (C=O) groups excluding carboxylic acids is 2. The lowest BCUT2D eigenvalue weighted by molar-refractivity contribution is -0.125. The summed E-state index contributed by atoms with van der Waals surface area (Å²) in [5, 5.41) is 5.68. The Morgan fingerprint density at radius 2 is 1.52 bits per heavy atom. The molecule has 0 aliphatic carbocycles. The molecule has 0 bridgehead atoms. The number of halogens is 2. The lowest BCUT2D eigenvalue weighted by Gasteiger charge is -2.20. The van der Waals surface area contributed by atoms with Crippen LogP contribution in [0.15, 0.2) is 48.5 Å². The molecule has 4 N–H and O–H groups in total. The van der Waals surface area contributed by atoms with Gasteiger partial charge in [-0.1, -0.05) is 19.1 Å². The van der Waals surface area contributed by atoms with E-state index in [0.717, 1.165) is 5.56 Å². The van der Waals surface area contributed by atoms with Gasteiger partial charge in [-0.15, -0.1) is 12.4 Å². The summed E-state index contributed by atoms with van der Waals surface area (Å²) in [7, 11) is 0. The Labute approximate surface area is 164 Å². The first-order valence-corrected chi connectivity index (χ1v) is 8.50. The zero-order valence-electron chi connectivity index (χ0n) is 15.5. The predicted octanol–water partition coefficient (Wildman–Crippen LogP) is 3.66. The van der Waals surface area contributed by atoms with E-state index in [2.05, 4.69) is 10.6 Å². The molecule has 0 aliphatic heterocycles. The summed E-state index contributed by atoms with van der Waals surface area (Å²) in [5.74, 6) is -1.07.